The fourth-order valence-electron chi connectivity index (χ4n) is 3.31. The summed E-state index contributed by atoms with van der Waals surface area (Å²) in [6.07, 6.45) is 4.28. The molecule has 1 atom stereocenters. The summed E-state index contributed by atoms with van der Waals surface area (Å²) in [6, 6.07) is -0.135. The van der Waals surface area contributed by atoms with Gasteiger partial charge in [0, 0.05) is 45.6 Å². The standard InChI is InChI=1S/C15H27N3O4/c19-14(16-5-6-18-7-9-20-10-8-18)17-11-13-12-21-15(22-13)3-1-2-4-15/h13H,1-12H2,(H2,16,17,19)/t13-/m0/s1. The van der Waals surface area contributed by atoms with E-state index in [9.17, 15) is 4.79 Å². The van der Waals surface area contributed by atoms with E-state index in [1.165, 1.54) is 12.8 Å². The van der Waals surface area contributed by atoms with E-state index in [2.05, 4.69) is 15.5 Å². The van der Waals surface area contributed by atoms with Crippen LogP contribution in [0.2, 0.25) is 0 Å². The van der Waals surface area contributed by atoms with Crippen LogP contribution in [0.25, 0.3) is 0 Å². The third-order valence-electron chi connectivity index (χ3n) is 4.59. The van der Waals surface area contributed by atoms with E-state index in [4.69, 9.17) is 14.2 Å². The molecule has 7 nitrogen and oxygen atoms in total. The number of ether oxygens (including phenoxy) is 3. The normalized spacial score (nSPS) is 28.1. The topological polar surface area (TPSA) is 72.1 Å². The second-order valence-corrected chi connectivity index (χ2v) is 6.26. The quantitative estimate of drug-likeness (QED) is 0.764. The van der Waals surface area contributed by atoms with Crippen molar-refractivity contribution >= 4 is 6.03 Å². The first-order chi connectivity index (χ1) is 10.8. The lowest BCUT2D eigenvalue weighted by Gasteiger charge is -2.26. The molecule has 1 saturated carbocycles. The Hall–Kier alpha value is -0.890. The van der Waals surface area contributed by atoms with Gasteiger partial charge in [-0.25, -0.2) is 4.79 Å². The van der Waals surface area contributed by atoms with Gasteiger partial charge in [-0.2, -0.15) is 0 Å². The second kappa shape index (κ2) is 7.59. The zero-order valence-electron chi connectivity index (χ0n) is 13.1. The van der Waals surface area contributed by atoms with E-state index in [1.54, 1.807) is 0 Å². The maximum absolute atomic E-state index is 11.8. The molecule has 3 rings (SSSR count). The third-order valence-corrected chi connectivity index (χ3v) is 4.59. The van der Waals surface area contributed by atoms with Crippen LogP contribution < -0.4 is 10.6 Å². The van der Waals surface area contributed by atoms with Crippen LogP contribution in [0.3, 0.4) is 0 Å². The van der Waals surface area contributed by atoms with Gasteiger partial charge in [0.25, 0.3) is 0 Å². The van der Waals surface area contributed by atoms with Gasteiger partial charge in [0.05, 0.1) is 19.8 Å². The predicted octanol–water partition coefficient (Wildman–Crippen LogP) is 0.304. The molecular weight excluding hydrogens is 286 g/mol. The molecule has 2 N–H and O–H groups in total. The number of nitrogens with one attached hydrogen (secondary N) is 2. The smallest absolute Gasteiger partial charge is 0.314 e. The average Bonchev–Trinajstić information content (AvgIpc) is 3.17. The first kappa shape index (κ1) is 16.0. The molecule has 1 spiro atoms. The number of nitrogens with zero attached hydrogens (tertiary/aromatic N) is 1. The summed E-state index contributed by atoms with van der Waals surface area (Å²) in [5.74, 6) is -0.348. The maximum Gasteiger partial charge on any atom is 0.314 e. The Morgan fingerprint density at radius 1 is 1.18 bits per heavy atom. The maximum atomic E-state index is 11.8. The minimum Gasteiger partial charge on any atom is -0.379 e. The zero-order valence-corrected chi connectivity index (χ0v) is 13.1. The van der Waals surface area contributed by atoms with Crippen LogP contribution in [0.1, 0.15) is 25.7 Å². The SMILES string of the molecule is O=C(NCCN1CCOCC1)NC[C@H]1COC2(CCCC2)O1. The van der Waals surface area contributed by atoms with Gasteiger partial charge >= 0.3 is 6.03 Å². The van der Waals surface area contributed by atoms with Crippen molar-refractivity contribution in [1.82, 2.24) is 15.5 Å². The Labute approximate surface area is 131 Å². The van der Waals surface area contributed by atoms with Crippen molar-refractivity contribution in [2.45, 2.75) is 37.6 Å². The van der Waals surface area contributed by atoms with Gasteiger partial charge in [0.2, 0.25) is 0 Å². The van der Waals surface area contributed by atoms with Crippen molar-refractivity contribution < 1.29 is 19.0 Å². The predicted molar refractivity (Wildman–Crippen MR) is 80.7 cm³/mol. The van der Waals surface area contributed by atoms with Gasteiger partial charge in [-0.1, -0.05) is 0 Å². The van der Waals surface area contributed by atoms with Crippen molar-refractivity contribution in [3.8, 4) is 0 Å². The molecule has 2 saturated heterocycles. The number of urea groups is 1. The van der Waals surface area contributed by atoms with E-state index in [1.807, 2.05) is 0 Å². The molecule has 2 heterocycles. The van der Waals surface area contributed by atoms with Gasteiger partial charge in [0.15, 0.2) is 5.79 Å². The van der Waals surface area contributed by atoms with E-state index < -0.39 is 0 Å². The van der Waals surface area contributed by atoms with Crippen LogP contribution in [-0.4, -0.2) is 75.4 Å². The summed E-state index contributed by atoms with van der Waals surface area (Å²) in [5.41, 5.74) is 0. The number of carbonyl (C=O) groups excluding carboxylic acids is 1. The molecule has 0 aromatic rings. The Morgan fingerprint density at radius 3 is 2.73 bits per heavy atom. The van der Waals surface area contributed by atoms with Crippen molar-refractivity contribution in [2.75, 3.05) is 52.5 Å². The molecule has 0 bridgehead atoms. The minimum atomic E-state index is -0.348. The summed E-state index contributed by atoms with van der Waals surface area (Å²) in [5, 5.41) is 5.76. The number of rotatable bonds is 5. The highest BCUT2D eigenvalue weighted by molar-refractivity contribution is 5.73. The van der Waals surface area contributed by atoms with E-state index >= 15 is 0 Å². The largest absolute Gasteiger partial charge is 0.379 e. The van der Waals surface area contributed by atoms with Crippen molar-refractivity contribution in [2.24, 2.45) is 0 Å². The molecule has 0 aromatic heterocycles. The summed E-state index contributed by atoms with van der Waals surface area (Å²) >= 11 is 0. The number of carbonyl (C=O) groups is 1. The second-order valence-electron chi connectivity index (χ2n) is 6.26. The Kier molecular flexibility index (Phi) is 5.51. The minimum absolute atomic E-state index is 0.0249. The number of amides is 2. The number of hydrogen-bond donors (Lipinski definition) is 2. The Balaban J connectivity index is 1.26. The fourth-order valence-corrected chi connectivity index (χ4v) is 3.31. The molecule has 2 aliphatic heterocycles. The van der Waals surface area contributed by atoms with E-state index in [0.29, 0.717) is 19.7 Å². The highest BCUT2D eigenvalue weighted by Gasteiger charge is 2.43. The van der Waals surface area contributed by atoms with E-state index in [0.717, 1.165) is 45.7 Å². The van der Waals surface area contributed by atoms with Crippen molar-refractivity contribution in [3.05, 3.63) is 0 Å². The molecule has 126 valence electrons. The van der Waals surface area contributed by atoms with Crippen molar-refractivity contribution in [1.29, 1.82) is 0 Å². The van der Waals surface area contributed by atoms with Gasteiger partial charge < -0.3 is 24.8 Å². The summed E-state index contributed by atoms with van der Waals surface area (Å²) in [7, 11) is 0. The van der Waals surface area contributed by atoms with Crippen molar-refractivity contribution in [3.63, 3.8) is 0 Å². The van der Waals surface area contributed by atoms with Crippen LogP contribution >= 0.6 is 0 Å². The molecule has 3 fully saturated rings. The summed E-state index contributed by atoms with van der Waals surface area (Å²) < 4.78 is 17.1. The van der Waals surface area contributed by atoms with Crippen LogP contribution in [-0.2, 0) is 14.2 Å². The fraction of sp³-hybridized carbons (Fsp3) is 0.933. The average molecular weight is 313 g/mol. The van der Waals surface area contributed by atoms with Gasteiger partial charge in [-0.3, -0.25) is 4.90 Å². The van der Waals surface area contributed by atoms with Crippen LogP contribution in [0, 0.1) is 0 Å². The Bertz CT molecular complexity index is 368. The lowest BCUT2D eigenvalue weighted by Crippen LogP contribution is -2.45. The Morgan fingerprint density at radius 2 is 1.95 bits per heavy atom. The number of hydrogen-bond acceptors (Lipinski definition) is 5. The van der Waals surface area contributed by atoms with Gasteiger partial charge in [-0.15, -0.1) is 0 Å². The first-order valence-electron chi connectivity index (χ1n) is 8.39. The highest BCUT2D eigenvalue weighted by Crippen LogP contribution is 2.38. The third kappa shape index (κ3) is 4.32. The summed E-state index contributed by atoms with van der Waals surface area (Å²) in [6.45, 7) is 6.05. The van der Waals surface area contributed by atoms with Gasteiger partial charge in [-0.05, 0) is 12.8 Å². The highest BCUT2D eigenvalue weighted by atomic mass is 16.7. The molecule has 22 heavy (non-hydrogen) atoms. The first-order valence-corrected chi connectivity index (χ1v) is 8.39. The molecule has 0 radical (unpaired) electrons. The lowest BCUT2D eigenvalue weighted by atomic mass is 10.2. The van der Waals surface area contributed by atoms with Crippen LogP contribution in [0.15, 0.2) is 0 Å². The molecule has 2 amide bonds. The van der Waals surface area contributed by atoms with Gasteiger partial charge in [0.1, 0.15) is 6.10 Å². The molecule has 0 aromatic carbocycles. The number of morpholine rings is 1. The van der Waals surface area contributed by atoms with Crippen LogP contribution in [0.5, 0.6) is 0 Å². The molecular formula is C15H27N3O4. The van der Waals surface area contributed by atoms with Crippen LogP contribution in [0.4, 0.5) is 4.79 Å². The molecule has 3 aliphatic rings. The molecule has 1 aliphatic carbocycles. The zero-order chi connectivity index (χ0) is 15.3. The monoisotopic (exact) mass is 313 g/mol. The lowest BCUT2D eigenvalue weighted by molar-refractivity contribution is -0.160. The molecule has 0 unspecified atom stereocenters. The molecule has 7 heteroatoms. The summed E-state index contributed by atoms with van der Waals surface area (Å²) in [4.78, 5) is 14.1. The van der Waals surface area contributed by atoms with E-state index in [-0.39, 0.29) is 17.9 Å².